The fourth-order valence-corrected chi connectivity index (χ4v) is 1.27. The first-order valence-electron chi connectivity index (χ1n) is 4.88. The van der Waals surface area contributed by atoms with Crippen molar-refractivity contribution in [1.82, 2.24) is 9.97 Å². The molecule has 0 aliphatic carbocycles. The van der Waals surface area contributed by atoms with E-state index in [1.165, 1.54) is 0 Å². The van der Waals surface area contributed by atoms with Gasteiger partial charge in [0.15, 0.2) is 0 Å². The van der Waals surface area contributed by atoms with E-state index in [2.05, 4.69) is 15.3 Å². The molecule has 0 fully saturated rings. The van der Waals surface area contributed by atoms with Gasteiger partial charge < -0.3 is 5.32 Å². The Bertz CT molecular complexity index is 352. The summed E-state index contributed by atoms with van der Waals surface area (Å²) in [6, 6.07) is 11.7. The third kappa shape index (κ3) is 4.17. The second-order valence-corrected chi connectivity index (χ2v) is 3.18. The van der Waals surface area contributed by atoms with E-state index < -0.39 is 0 Å². The van der Waals surface area contributed by atoms with Crippen LogP contribution in [-0.2, 0) is 32.6 Å². The summed E-state index contributed by atoms with van der Waals surface area (Å²) < 4.78 is 0. The molecule has 2 aromatic rings. The Kier molecular flexibility index (Phi) is 5.83. The zero-order valence-corrected chi connectivity index (χ0v) is 12.0. The van der Waals surface area contributed by atoms with Gasteiger partial charge in [-0.3, -0.25) is 9.97 Å². The smallest absolute Gasteiger partial charge is 0.0270 e. The first-order valence-corrected chi connectivity index (χ1v) is 4.88. The van der Waals surface area contributed by atoms with E-state index in [0.29, 0.717) is 13.1 Å². The van der Waals surface area contributed by atoms with Gasteiger partial charge in [-0.15, -0.1) is 13.1 Å². The van der Waals surface area contributed by atoms with Crippen LogP contribution in [0.15, 0.2) is 48.8 Å². The van der Waals surface area contributed by atoms with Crippen molar-refractivity contribution in [1.29, 1.82) is 0 Å². The molecule has 0 saturated carbocycles. The van der Waals surface area contributed by atoms with E-state index in [4.69, 9.17) is 0 Å². The molecule has 0 aliphatic heterocycles. The van der Waals surface area contributed by atoms with Crippen molar-refractivity contribution < 1.29 is 19.5 Å². The summed E-state index contributed by atoms with van der Waals surface area (Å²) in [5.41, 5.74) is 1.99. The van der Waals surface area contributed by atoms with Gasteiger partial charge in [0.05, 0.1) is 0 Å². The molecule has 0 atom stereocenters. The molecular formula is C12H12N3Zn-. The van der Waals surface area contributed by atoms with Crippen molar-refractivity contribution in [2.75, 3.05) is 0 Å². The van der Waals surface area contributed by atoms with Crippen LogP contribution in [-0.4, -0.2) is 9.97 Å². The Morgan fingerprint density at radius 2 is 1.31 bits per heavy atom. The van der Waals surface area contributed by atoms with Gasteiger partial charge in [-0.2, -0.15) is 0 Å². The van der Waals surface area contributed by atoms with Gasteiger partial charge in [0, 0.05) is 43.3 Å². The minimum atomic E-state index is 0. The van der Waals surface area contributed by atoms with Crippen LogP contribution in [0.4, 0.5) is 0 Å². The minimum Gasteiger partial charge on any atom is -0.652 e. The van der Waals surface area contributed by atoms with Gasteiger partial charge in [0.2, 0.25) is 0 Å². The molecular weight excluding hydrogens is 252 g/mol. The Balaban J connectivity index is 0.00000128. The number of hydrogen-bond donors (Lipinski definition) is 0. The molecule has 0 radical (unpaired) electrons. The number of pyridine rings is 2. The minimum absolute atomic E-state index is 0. The standard InChI is InChI=1S/C12H12N3.Zn/c1-3-7-14-11(5-1)9-13-10-12-6-2-4-8-15-12;/h1-8H,9-10H2;/q-1;. The Morgan fingerprint density at radius 3 is 1.69 bits per heavy atom. The number of hydrogen-bond acceptors (Lipinski definition) is 2. The van der Waals surface area contributed by atoms with Crippen molar-refractivity contribution in [2.24, 2.45) is 0 Å². The topological polar surface area (TPSA) is 39.9 Å². The molecule has 4 heteroatoms. The normalized spacial score (nSPS) is 9.50. The van der Waals surface area contributed by atoms with Crippen LogP contribution >= 0.6 is 0 Å². The van der Waals surface area contributed by atoms with Crippen LogP contribution in [0.2, 0.25) is 0 Å². The molecule has 0 aliphatic rings. The molecule has 0 saturated heterocycles. The predicted octanol–water partition coefficient (Wildman–Crippen LogP) is 2.55. The third-order valence-electron chi connectivity index (χ3n) is 2.00. The molecule has 0 aromatic carbocycles. The van der Waals surface area contributed by atoms with Crippen LogP contribution in [0.25, 0.3) is 5.32 Å². The summed E-state index contributed by atoms with van der Waals surface area (Å²) in [5.74, 6) is 0. The van der Waals surface area contributed by atoms with E-state index >= 15 is 0 Å². The molecule has 0 unspecified atom stereocenters. The molecule has 78 valence electrons. The maximum Gasteiger partial charge on any atom is 0.0270 e. The number of rotatable bonds is 4. The van der Waals surface area contributed by atoms with Crippen molar-refractivity contribution in [3.8, 4) is 0 Å². The summed E-state index contributed by atoms with van der Waals surface area (Å²) in [4.78, 5) is 8.39. The third-order valence-corrected chi connectivity index (χ3v) is 2.00. The summed E-state index contributed by atoms with van der Waals surface area (Å²) in [6.45, 7) is 1.30. The maximum absolute atomic E-state index is 4.39. The molecule has 0 bridgehead atoms. The van der Waals surface area contributed by atoms with Crippen molar-refractivity contribution in [3.05, 3.63) is 65.5 Å². The second kappa shape index (κ2) is 7.21. The molecule has 3 nitrogen and oxygen atoms in total. The van der Waals surface area contributed by atoms with Gasteiger partial charge in [-0.1, -0.05) is 12.1 Å². The summed E-state index contributed by atoms with van der Waals surface area (Å²) in [7, 11) is 0. The second-order valence-electron chi connectivity index (χ2n) is 3.18. The van der Waals surface area contributed by atoms with E-state index in [9.17, 15) is 0 Å². The molecule has 2 aromatic heterocycles. The van der Waals surface area contributed by atoms with Gasteiger partial charge in [-0.05, 0) is 24.3 Å². The van der Waals surface area contributed by atoms with Crippen LogP contribution in [0.3, 0.4) is 0 Å². The Hall–Kier alpha value is -1.12. The molecule has 0 amide bonds. The Morgan fingerprint density at radius 1 is 0.812 bits per heavy atom. The van der Waals surface area contributed by atoms with Crippen LogP contribution in [0, 0.1) is 0 Å². The molecule has 16 heavy (non-hydrogen) atoms. The maximum atomic E-state index is 4.39. The average molecular weight is 264 g/mol. The molecule has 2 rings (SSSR count). The SMILES string of the molecule is [Zn].c1ccc(C[N-]Cc2ccccn2)nc1. The van der Waals surface area contributed by atoms with Crippen molar-refractivity contribution >= 4 is 0 Å². The van der Waals surface area contributed by atoms with Gasteiger partial charge in [0.1, 0.15) is 0 Å². The molecule has 0 spiro atoms. The van der Waals surface area contributed by atoms with Crippen LogP contribution in [0.1, 0.15) is 11.4 Å². The van der Waals surface area contributed by atoms with Crippen LogP contribution in [0.5, 0.6) is 0 Å². The van der Waals surface area contributed by atoms with E-state index in [0.717, 1.165) is 11.4 Å². The summed E-state index contributed by atoms with van der Waals surface area (Å²) in [6.07, 6.45) is 3.57. The van der Waals surface area contributed by atoms with Crippen molar-refractivity contribution in [3.63, 3.8) is 0 Å². The number of nitrogens with zero attached hydrogens (tertiary/aromatic N) is 3. The van der Waals surface area contributed by atoms with E-state index in [1.54, 1.807) is 12.4 Å². The van der Waals surface area contributed by atoms with Gasteiger partial charge >= 0.3 is 0 Å². The summed E-state index contributed by atoms with van der Waals surface area (Å²) >= 11 is 0. The first-order chi connectivity index (χ1) is 7.45. The van der Waals surface area contributed by atoms with Gasteiger partial charge in [0.25, 0.3) is 0 Å². The number of aromatic nitrogens is 2. The van der Waals surface area contributed by atoms with Crippen molar-refractivity contribution in [2.45, 2.75) is 13.1 Å². The fourth-order valence-electron chi connectivity index (χ4n) is 1.27. The van der Waals surface area contributed by atoms with Gasteiger partial charge in [-0.25, -0.2) is 0 Å². The monoisotopic (exact) mass is 262 g/mol. The average Bonchev–Trinajstić information content (AvgIpc) is 2.32. The largest absolute Gasteiger partial charge is 0.652 e. The Labute approximate surface area is 108 Å². The quantitative estimate of drug-likeness (QED) is 0.796. The predicted molar refractivity (Wildman–Crippen MR) is 59.2 cm³/mol. The zero-order valence-electron chi connectivity index (χ0n) is 9.08. The molecule has 2 heterocycles. The van der Waals surface area contributed by atoms with Crippen LogP contribution < -0.4 is 0 Å². The first kappa shape index (κ1) is 13.0. The fraction of sp³-hybridized carbons (Fsp3) is 0.167. The van der Waals surface area contributed by atoms with E-state index in [-0.39, 0.29) is 19.5 Å². The zero-order chi connectivity index (χ0) is 10.3. The molecule has 0 N–H and O–H groups in total. The van der Waals surface area contributed by atoms with E-state index in [1.807, 2.05) is 36.4 Å². The summed E-state index contributed by atoms with van der Waals surface area (Å²) in [5, 5.41) is 4.39.